The highest BCUT2D eigenvalue weighted by molar-refractivity contribution is 6.32. The highest BCUT2D eigenvalue weighted by Gasteiger charge is 2.39. The molecule has 4 amide bonds. The lowest BCUT2D eigenvalue weighted by atomic mass is 10.1. The van der Waals surface area contributed by atoms with Gasteiger partial charge in [-0.1, -0.05) is 35.3 Å². The monoisotopic (exact) mass is 510 g/mol. The van der Waals surface area contributed by atoms with Crippen molar-refractivity contribution < 1.29 is 24.5 Å². The number of benzene rings is 2. The first-order valence-electron chi connectivity index (χ1n) is 10.8. The summed E-state index contributed by atoms with van der Waals surface area (Å²) in [6.45, 7) is 3.09. The number of ether oxygens (including phenoxy) is 1. The molecule has 0 aliphatic carbocycles. The number of carbonyl (C=O) groups excluding carboxylic acids is 2. The fourth-order valence-electron chi connectivity index (χ4n) is 3.37. The highest BCUT2D eigenvalue weighted by atomic mass is 35.5. The molecular weight excluding hydrogens is 483 g/mol. The number of halogens is 2. The van der Waals surface area contributed by atoms with Gasteiger partial charge in [0, 0.05) is 36.4 Å². The molecule has 1 heterocycles. The summed E-state index contributed by atoms with van der Waals surface area (Å²) in [6.07, 6.45) is -0.935. The van der Waals surface area contributed by atoms with Gasteiger partial charge in [0.15, 0.2) is 6.29 Å². The molecular formula is C23H28Cl2N4O5. The number of carbonyl (C=O) groups is 2. The van der Waals surface area contributed by atoms with Crippen LogP contribution in [0.5, 0.6) is 5.75 Å². The summed E-state index contributed by atoms with van der Waals surface area (Å²) in [4.78, 5) is 28.5. The van der Waals surface area contributed by atoms with Crippen LogP contribution in [0.2, 0.25) is 10.0 Å². The van der Waals surface area contributed by atoms with Crippen molar-refractivity contribution in [2.24, 2.45) is 5.92 Å². The molecule has 34 heavy (non-hydrogen) atoms. The predicted molar refractivity (Wildman–Crippen MR) is 130 cm³/mol. The molecule has 0 aromatic heterocycles. The second kappa shape index (κ2) is 11.6. The Labute approximate surface area is 208 Å². The van der Waals surface area contributed by atoms with E-state index in [4.69, 9.17) is 27.9 Å². The van der Waals surface area contributed by atoms with E-state index in [1.165, 1.54) is 4.90 Å². The van der Waals surface area contributed by atoms with Crippen molar-refractivity contribution in [1.29, 1.82) is 0 Å². The van der Waals surface area contributed by atoms with E-state index in [1.807, 2.05) is 13.8 Å². The Balaban J connectivity index is 1.86. The standard InChI is InChI=1S/C23H28Cl2N4O5/c1-14(2)34-20-8-7-18(9-19(20)25)26-21-27-22(32)29(11-16(12-30)13-31)23(33)28(21)10-15-3-5-17(24)6-4-15/h3-9,14,16,21,26,30-31H,10-13H2,1-2H3,(H,27,32). The number of nitrogens with one attached hydrogen (secondary N) is 2. The van der Waals surface area contributed by atoms with Gasteiger partial charge in [-0.2, -0.15) is 0 Å². The Morgan fingerprint density at radius 2 is 1.76 bits per heavy atom. The first-order chi connectivity index (χ1) is 16.2. The maximum absolute atomic E-state index is 13.3. The Kier molecular flexibility index (Phi) is 8.84. The first-order valence-corrected chi connectivity index (χ1v) is 11.5. The van der Waals surface area contributed by atoms with Crippen LogP contribution in [0.3, 0.4) is 0 Å². The predicted octanol–water partition coefficient (Wildman–Crippen LogP) is 3.72. The van der Waals surface area contributed by atoms with Gasteiger partial charge >= 0.3 is 12.1 Å². The van der Waals surface area contributed by atoms with Gasteiger partial charge in [-0.15, -0.1) is 0 Å². The number of urea groups is 2. The van der Waals surface area contributed by atoms with Crippen molar-refractivity contribution in [3.63, 3.8) is 0 Å². The van der Waals surface area contributed by atoms with E-state index in [0.717, 1.165) is 10.5 Å². The van der Waals surface area contributed by atoms with E-state index in [0.29, 0.717) is 21.5 Å². The van der Waals surface area contributed by atoms with E-state index in [2.05, 4.69) is 10.6 Å². The quantitative estimate of drug-likeness (QED) is 0.387. The molecule has 1 aliphatic heterocycles. The van der Waals surface area contributed by atoms with Gasteiger partial charge in [-0.25, -0.2) is 14.5 Å². The van der Waals surface area contributed by atoms with Crippen LogP contribution >= 0.6 is 23.2 Å². The maximum Gasteiger partial charge on any atom is 0.331 e. The number of aliphatic hydroxyl groups excluding tert-OH is 2. The Morgan fingerprint density at radius 3 is 2.35 bits per heavy atom. The number of aliphatic hydroxyl groups is 2. The third kappa shape index (κ3) is 6.44. The summed E-state index contributed by atoms with van der Waals surface area (Å²) in [5.74, 6) is -0.127. The lowest BCUT2D eigenvalue weighted by molar-refractivity contribution is 0.0826. The fourth-order valence-corrected chi connectivity index (χ4v) is 3.73. The van der Waals surface area contributed by atoms with Gasteiger partial charge in [-0.05, 0) is 49.7 Å². The summed E-state index contributed by atoms with van der Waals surface area (Å²) >= 11 is 12.3. The van der Waals surface area contributed by atoms with Crippen molar-refractivity contribution in [2.75, 3.05) is 25.1 Å². The molecule has 1 fully saturated rings. The van der Waals surface area contributed by atoms with Crippen molar-refractivity contribution in [1.82, 2.24) is 15.1 Å². The summed E-state index contributed by atoms with van der Waals surface area (Å²) in [5.41, 5.74) is 1.36. The zero-order chi connectivity index (χ0) is 24.8. The third-order valence-corrected chi connectivity index (χ3v) is 5.66. The van der Waals surface area contributed by atoms with Crippen LogP contribution in [0.15, 0.2) is 42.5 Å². The number of imide groups is 1. The van der Waals surface area contributed by atoms with Crippen LogP contribution in [0.4, 0.5) is 15.3 Å². The second-order valence-corrected chi connectivity index (χ2v) is 9.03. The van der Waals surface area contributed by atoms with Crippen LogP contribution in [0.1, 0.15) is 19.4 Å². The Morgan fingerprint density at radius 1 is 1.09 bits per heavy atom. The van der Waals surface area contributed by atoms with Gasteiger partial charge in [0.25, 0.3) is 0 Å². The molecule has 1 unspecified atom stereocenters. The third-order valence-electron chi connectivity index (χ3n) is 5.11. The zero-order valence-electron chi connectivity index (χ0n) is 18.9. The molecule has 2 aromatic carbocycles. The van der Waals surface area contributed by atoms with Crippen LogP contribution in [-0.4, -0.2) is 64.2 Å². The summed E-state index contributed by atoms with van der Waals surface area (Å²) in [7, 11) is 0. The van der Waals surface area contributed by atoms with Gasteiger partial charge in [-0.3, -0.25) is 10.2 Å². The largest absolute Gasteiger partial charge is 0.489 e. The fraction of sp³-hybridized carbons (Fsp3) is 0.391. The number of amides is 4. The van der Waals surface area contributed by atoms with Crippen LogP contribution in [0, 0.1) is 5.92 Å². The molecule has 1 saturated heterocycles. The zero-order valence-corrected chi connectivity index (χ0v) is 20.4. The van der Waals surface area contributed by atoms with Gasteiger partial charge in [0.2, 0.25) is 0 Å². The van der Waals surface area contributed by atoms with E-state index in [-0.39, 0.29) is 32.4 Å². The molecule has 11 heteroatoms. The van der Waals surface area contributed by atoms with E-state index < -0.39 is 24.3 Å². The molecule has 1 atom stereocenters. The topological polar surface area (TPSA) is 114 Å². The first kappa shape index (κ1) is 25.9. The summed E-state index contributed by atoms with van der Waals surface area (Å²) in [6, 6.07) is 10.9. The molecule has 1 aliphatic rings. The molecule has 9 nitrogen and oxygen atoms in total. The minimum absolute atomic E-state index is 0.0471. The second-order valence-electron chi connectivity index (χ2n) is 8.19. The number of anilines is 1. The van der Waals surface area contributed by atoms with E-state index in [9.17, 15) is 19.8 Å². The molecule has 0 radical (unpaired) electrons. The van der Waals surface area contributed by atoms with Crippen molar-refractivity contribution in [3.8, 4) is 5.75 Å². The average Bonchev–Trinajstić information content (AvgIpc) is 2.79. The number of nitrogens with zero attached hydrogens (tertiary/aromatic N) is 2. The van der Waals surface area contributed by atoms with Crippen LogP contribution in [0.25, 0.3) is 0 Å². The molecule has 4 N–H and O–H groups in total. The van der Waals surface area contributed by atoms with Crippen molar-refractivity contribution >= 4 is 41.0 Å². The van der Waals surface area contributed by atoms with Crippen LogP contribution < -0.4 is 15.4 Å². The number of hydrogen-bond donors (Lipinski definition) is 4. The minimum Gasteiger partial charge on any atom is -0.489 e. The smallest absolute Gasteiger partial charge is 0.331 e. The SMILES string of the molecule is CC(C)Oc1ccc(NC2NC(=O)N(CC(CO)CO)C(=O)N2Cc2ccc(Cl)cc2)cc1Cl. The Hall–Kier alpha value is -2.72. The molecule has 0 spiro atoms. The van der Waals surface area contributed by atoms with E-state index >= 15 is 0 Å². The van der Waals surface area contributed by atoms with E-state index in [1.54, 1.807) is 42.5 Å². The maximum atomic E-state index is 13.3. The van der Waals surface area contributed by atoms with Gasteiger partial charge in [0.05, 0.1) is 17.7 Å². The molecule has 2 aromatic rings. The number of hydrogen-bond acceptors (Lipinski definition) is 6. The lowest BCUT2D eigenvalue weighted by Crippen LogP contribution is -2.67. The van der Waals surface area contributed by atoms with Crippen LogP contribution in [-0.2, 0) is 6.54 Å². The molecule has 3 rings (SSSR count). The number of rotatable bonds is 10. The van der Waals surface area contributed by atoms with Gasteiger partial charge < -0.3 is 20.3 Å². The van der Waals surface area contributed by atoms with Crippen molar-refractivity contribution in [3.05, 3.63) is 58.1 Å². The van der Waals surface area contributed by atoms with Crippen molar-refractivity contribution in [2.45, 2.75) is 32.8 Å². The minimum atomic E-state index is -0.887. The highest BCUT2D eigenvalue weighted by Crippen LogP contribution is 2.29. The summed E-state index contributed by atoms with van der Waals surface area (Å²) < 4.78 is 5.65. The average molecular weight is 511 g/mol. The lowest BCUT2D eigenvalue weighted by Gasteiger charge is -2.42. The molecule has 184 valence electrons. The molecule has 0 bridgehead atoms. The van der Waals surface area contributed by atoms with Gasteiger partial charge in [0.1, 0.15) is 5.75 Å². The Bertz CT molecular complexity index is 1000. The normalized spacial score (nSPS) is 16.3. The molecule has 0 saturated carbocycles. The summed E-state index contributed by atoms with van der Waals surface area (Å²) in [5, 5.41) is 25.7.